The van der Waals surface area contributed by atoms with Crippen molar-refractivity contribution in [2.24, 2.45) is 0 Å². The highest BCUT2D eigenvalue weighted by Gasteiger charge is 2.15. The molecule has 0 saturated heterocycles. The zero-order valence-electron chi connectivity index (χ0n) is 14.7. The molecule has 0 fully saturated rings. The van der Waals surface area contributed by atoms with Crippen LogP contribution in [0.5, 0.6) is 0 Å². The summed E-state index contributed by atoms with van der Waals surface area (Å²) >= 11 is 1.62. The van der Waals surface area contributed by atoms with Gasteiger partial charge < -0.3 is 15.7 Å². The molecule has 0 spiro atoms. The number of hydrogen-bond donors (Lipinski definition) is 3. The number of aryl methyl sites for hydroxylation is 1. The summed E-state index contributed by atoms with van der Waals surface area (Å²) in [5.74, 6) is 0. The van der Waals surface area contributed by atoms with Crippen molar-refractivity contribution in [2.45, 2.75) is 45.8 Å². The zero-order valence-corrected chi connectivity index (χ0v) is 15.5. The van der Waals surface area contributed by atoms with E-state index in [2.05, 4.69) is 31.4 Å². The maximum absolute atomic E-state index is 11.8. The van der Waals surface area contributed by atoms with Gasteiger partial charge in [0, 0.05) is 11.4 Å². The molecule has 5 heteroatoms. The molecule has 0 aliphatic heterocycles. The number of benzene rings is 1. The smallest absolute Gasteiger partial charge is 0.315 e. The summed E-state index contributed by atoms with van der Waals surface area (Å²) in [7, 11) is 0. The van der Waals surface area contributed by atoms with E-state index in [1.54, 1.807) is 11.3 Å². The van der Waals surface area contributed by atoms with Gasteiger partial charge in [-0.05, 0) is 40.5 Å². The van der Waals surface area contributed by atoms with Gasteiger partial charge in [0.15, 0.2) is 0 Å². The molecule has 2 aromatic rings. The Morgan fingerprint density at radius 1 is 1.17 bits per heavy atom. The summed E-state index contributed by atoms with van der Waals surface area (Å²) in [5.41, 5.74) is 3.29. The molecule has 0 bridgehead atoms. The van der Waals surface area contributed by atoms with Crippen LogP contribution in [-0.2, 0) is 12.0 Å². The Hall–Kier alpha value is -1.85. The van der Waals surface area contributed by atoms with E-state index < -0.39 is 6.10 Å². The van der Waals surface area contributed by atoms with Gasteiger partial charge >= 0.3 is 6.03 Å². The third kappa shape index (κ3) is 5.08. The van der Waals surface area contributed by atoms with Crippen LogP contribution in [0.15, 0.2) is 35.7 Å². The molecule has 2 amide bonds. The molecule has 24 heavy (non-hydrogen) atoms. The molecule has 130 valence electrons. The predicted molar refractivity (Wildman–Crippen MR) is 99.4 cm³/mol. The first-order chi connectivity index (χ1) is 11.3. The number of urea groups is 1. The van der Waals surface area contributed by atoms with Crippen LogP contribution in [0.1, 0.15) is 48.4 Å². The standard InChI is InChI=1S/C19H26N2O2S/c1-13-9-10-24-17(13)12-21-18(23)20-11-16(22)14-5-7-15(8-6-14)19(2,3)4/h5-10,16,22H,11-12H2,1-4H3,(H2,20,21,23). The summed E-state index contributed by atoms with van der Waals surface area (Å²) in [6.07, 6.45) is -0.715. The molecular formula is C19H26N2O2S. The first-order valence-corrected chi connectivity index (χ1v) is 8.98. The molecule has 1 aromatic heterocycles. The Morgan fingerprint density at radius 2 is 1.83 bits per heavy atom. The van der Waals surface area contributed by atoms with Crippen molar-refractivity contribution in [1.82, 2.24) is 10.6 Å². The Labute approximate surface area is 147 Å². The second kappa shape index (κ2) is 7.81. The minimum Gasteiger partial charge on any atom is -0.387 e. The summed E-state index contributed by atoms with van der Waals surface area (Å²) in [6, 6.07) is 9.65. The van der Waals surface area contributed by atoms with Gasteiger partial charge in [0.25, 0.3) is 0 Å². The third-order valence-electron chi connectivity index (χ3n) is 4.00. The van der Waals surface area contributed by atoms with Crippen molar-refractivity contribution in [3.8, 4) is 0 Å². The van der Waals surface area contributed by atoms with Gasteiger partial charge in [0.05, 0.1) is 12.6 Å². The number of aliphatic hydroxyl groups excluding tert-OH is 1. The van der Waals surface area contributed by atoms with Crippen LogP contribution in [0.2, 0.25) is 0 Å². The number of aliphatic hydroxyl groups is 1. The highest BCUT2D eigenvalue weighted by molar-refractivity contribution is 7.10. The summed E-state index contributed by atoms with van der Waals surface area (Å²) in [6.45, 7) is 9.17. The topological polar surface area (TPSA) is 61.4 Å². The lowest BCUT2D eigenvalue weighted by Crippen LogP contribution is -2.37. The number of nitrogens with one attached hydrogen (secondary N) is 2. The molecule has 1 aromatic carbocycles. The number of rotatable bonds is 5. The van der Waals surface area contributed by atoms with Crippen molar-refractivity contribution in [3.05, 3.63) is 57.3 Å². The van der Waals surface area contributed by atoms with E-state index in [1.807, 2.05) is 42.6 Å². The second-order valence-corrected chi connectivity index (χ2v) is 7.98. The molecule has 1 unspecified atom stereocenters. The van der Waals surface area contributed by atoms with Gasteiger partial charge in [-0.1, -0.05) is 45.0 Å². The molecule has 0 radical (unpaired) electrons. The molecule has 0 aliphatic rings. The fraction of sp³-hybridized carbons (Fsp3) is 0.421. The lowest BCUT2D eigenvalue weighted by atomic mass is 9.86. The fourth-order valence-electron chi connectivity index (χ4n) is 2.32. The number of thiophene rings is 1. The Kier molecular flexibility index (Phi) is 6.02. The van der Waals surface area contributed by atoms with Crippen molar-refractivity contribution in [3.63, 3.8) is 0 Å². The molecule has 3 N–H and O–H groups in total. The SMILES string of the molecule is Cc1ccsc1CNC(=O)NCC(O)c1ccc(C(C)(C)C)cc1. The first-order valence-electron chi connectivity index (χ1n) is 8.10. The number of amides is 2. The van der Waals surface area contributed by atoms with Crippen LogP contribution in [0.3, 0.4) is 0 Å². The highest BCUT2D eigenvalue weighted by Crippen LogP contribution is 2.23. The van der Waals surface area contributed by atoms with Crippen molar-refractivity contribution >= 4 is 17.4 Å². The van der Waals surface area contributed by atoms with E-state index in [4.69, 9.17) is 0 Å². The minimum atomic E-state index is -0.715. The Balaban J connectivity index is 1.81. The Morgan fingerprint density at radius 3 is 2.38 bits per heavy atom. The van der Waals surface area contributed by atoms with E-state index >= 15 is 0 Å². The van der Waals surface area contributed by atoms with Crippen LogP contribution >= 0.6 is 11.3 Å². The number of carbonyl (C=O) groups is 1. The maximum Gasteiger partial charge on any atom is 0.315 e. The normalized spacial score (nSPS) is 12.7. The zero-order chi connectivity index (χ0) is 17.7. The van der Waals surface area contributed by atoms with Gasteiger partial charge in [0.2, 0.25) is 0 Å². The lowest BCUT2D eigenvalue weighted by Gasteiger charge is -2.20. The largest absolute Gasteiger partial charge is 0.387 e. The average molecular weight is 346 g/mol. The molecule has 4 nitrogen and oxygen atoms in total. The minimum absolute atomic E-state index is 0.0849. The average Bonchev–Trinajstić information content (AvgIpc) is 2.95. The van der Waals surface area contributed by atoms with Gasteiger partial charge in [-0.25, -0.2) is 4.79 Å². The number of carbonyl (C=O) groups excluding carboxylic acids is 1. The van der Waals surface area contributed by atoms with E-state index in [0.717, 1.165) is 10.4 Å². The first kappa shape index (κ1) is 18.5. The van der Waals surface area contributed by atoms with Crippen molar-refractivity contribution in [2.75, 3.05) is 6.54 Å². The molecule has 2 rings (SSSR count). The molecule has 0 aliphatic carbocycles. The van der Waals surface area contributed by atoms with Crippen LogP contribution in [-0.4, -0.2) is 17.7 Å². The van der Waals surface area contributed by atoms with E-state index in [-0.39, 0.29) is 18.0 Å². The van der Waals surface area contributed by atoms with E-state index in [9.17, 15) is 9.90 Å². The van der Waals surface area contributed by atoms with Crippen molar-refractivity contribution in [1.29, 1.82) is 0 Å². The van der Waals surface area contributed by atoms with E-state index in [1.165, 1.54) is 11.1 Å². The van der Waals surface area contributed by atoms with Crippen LogP contribution in [0, 0.1) is 6.92 Å². The lowest BCUT2D eigenvalue weighted by molar-refractivity contribution is 0.173. The van der Waals surface area contributed by atoms with Gasteiger partial charge in [-0.3, -0.25) is 0 Å². The van der Waals surface area contributed by atoms with Gasteiger partial charge in [0.1, 0.15) is 0 Å². The van der Waals surface area contributed by atoms with Gasteiger partial charge in [-0.15, -0.1) is 11.3 Å². The molecule has 0 saturated carbocycles. The second-order valence-electron chi connectivity index (χ2n) is 6.98. The monoisotopic (exact) mass is 346 g/mol. The molecular weight excluding hydrogens is 320 g/mol. The highest BCUT2D eigenvalue weighted by atomic mass is 32.1. The van der Waals surface area contributed by atoms with Crippen LogP contribution in [0.4, 0.5) is 4.79 Å². The predicted octanol–water partition coefficient (Wildman–Crippen LogP) is 3.89. The van der Waals surface area contributed by atoms with Crippen LogP contribution < -0.4 is 10.6 Å². The maximum atomic E-state index is 11.8. The Bertz CT molecular complexity index is 671. The van der Waals surface area contributed by atoms with Crippen LogP contribution in [0.25, 0.3) is 0 Å². The summed E-state index contributed by atoms with van der Waals surface area (Å²) in [5, 5.41) is 17.8. The summed E-state index contributed by atoms with van der Waals surface area (Å²) < 4.78 is 0. The van der Waals surface area contributed by atoms with Gasteiger partial charge in [-0.2, -0.15) is 0 Å². The fourth-order valence-corrected chi connectivity index (χ4v) is 3.17. The number of hydrogen-bond acceptors (Lipinski definition) is 3. The molecule has 1 atom stereocenters. The molecule has 1 heterocycles. The summed E-state index contributed by atoms with van der Waals surface area (Å²) in [4.78, 5) is 13.0. The van der Waals surface area contributed by atoms with Crippen molar-refractivity contribution < 1.29 is 9.90 Å². The van der Waals surface area contributed by atoms with E-state index in [0.29, 0.717) is 6.54 Å². The quantitative estimate of drug-likeness (QED) is 0.769. The third-order valence-corrected chi connectivity index (χ3v) is 5.02.